The van der Waals surface area contributed by atoms with Gasteiger partial charge in [-0.05, 0) is 105 Å². The number of nitrogens with one attached hydrogen (secondary N) is 3. The molecular weight excluding hydrogens is 742 g/mol. The number of aromatic nitrogens is 2. The number of halogens is 1. The highest BCUT2D eigenvalue weighted by molar-refractivity contribution is 6.03. The van der Waals surface area contributed by atoms with Gasteiger partial charge < -0.3 is 39.7 Å². The molecule has 1 aliphatic heterocycles. The van der Waals surface area contributed by atoms with Crippen LogP contribution in [0.1, 0.15) is 88.2 Å². The zero-order valence-corrected chi connectivity index (χ0v) is 33.3. The molecule has 0 saturated carbocycles. The lowest BCUT2D eigenvalue weighted by atomic mass is 9.93. The van der Waals surface area contributed by atoms with Crippen molar-refractivity contribution >= 4 is 34.9 Å². The predicted molar refractivity (Wildman–Crippen MR) is 218 cm³/mol. The molecule has 3 aromatic carbocycles. The van der Waals surface area contributed by atoms with Crippen molar-refractivity contribution in [2.45, 2.75) is 71.6 Å². The highest BCUT2D eigenvalue weighted by Gasteiger charge is 2.36. The first kappa shape index (κ1) is 41.1. The average Bonchev–Trinajstić information content (AvgIpc) is 3.78. The van der Waals surface area contributed by atoms with E-state index in [4.69, 9.17) is 4.74 Å². The number of likely N-dealkylation sites (N-methyl/N-ethyl adjacent to an activating group) is 1. The zero-order valence-electron chi connectivity index (χ0n) is 33.3. The van der Waals surface area contributed by atoms with Crippen molar-refractivity contribution in [1.82, 2.24) is 25.1 Å². The number of rotatable bonds is 13. The van der Waals surface area contributed by atoms with E-state index in [0.717, 1.165) is 11.8 Å². The maximum absolute atomic E-state index is 14.1. The summed E-state index contributed by atoms with van der Waals surface area (Å²) in [7, 11) is 3.11. The molecular formula is C45H46FN5O7. The molecule has 4 N–H and O–H groups in total. The number of hydrogen-bond donors (Lipinski definition) is 4. The fourth-order valence-electron chi connectivity index (χ4n) is 7.22. The Bertz CT molecular complexity index is 2550. The van der Waals surface area contributed by atoms with Gasteiger partial charge in [0.1, 0.15) is 35.3 Å². The van der Waals surface area contributed by atoms with E-state index >= 15 is 0 Å². The second kappa shape index (κ2) is 16.9. The fourth-order valence-corrected chi connectivity index (χ4v) is 7.22. The number of aldehydes is 1. The van der Waals surface area contributed by atoms with Crippen LogP contribution < -0.4 is 20.9 Å². The number of pyridine rings is 1. The second-order valence-electron chi connectivity index (χ2n) is 15.0. The van der Waals surface area contributed by atoms with E-state index in [1.54, 1.807) is 71.3 Å². The van der Waals surface area contributed by atoms with Crippen molar-refractivity contribution in [1.29, 1.82) is 0 Å². The third-order valence-electron chi connectivity index (χ3n) is 10.3. The summed E-state index contributed by atoms with van der Waals surface area (Å²) in [4.78, 5) is 68.3. The van der Waals surface area contributed by atoms with Gasteiger partial charge in [0.25, 0.3) is 17.4 Å². The van der Waals surface area contributed by atoms with Crippen LogP contribution in [0, 0.1) is 31.5 Å². The summed E-state index contributed by atoms with van der Waals surface area (Å²) < 4.78 is 22.0. The normalized spacial score (nSPS) is 12.8. The number of aromatic amines is 1. The number of aliphatic hydroxyl groups is 1. The van der Waals surface area contributed by atoms with Gasteiger partial charge in [-0.25, -0.2) is 4.39 Å². The number of aryl methyl sites for hydroxylation is 3. The van der Waals surface area contributed by atoms with Crippen molar-refractivity contribution in [3.8, 4) is 34.5 Å². The molecule has 13 heteroatoms. The first-order valence-corrected chi connectivity index (χ1v) is 19.0. The van der Waals surface area contributed by atoms with Crippen LogP contribution in [-0.4, -0.2) is 63.2 Å². The molecule has 1 atom stereocenters. The molecule has 5 aromatic rings. The first-order valence-electron chi connectivity index (χ1n) is 19.0. The number of ether oxygens (including phenoxy) is 1. The quantitative estimate of drug-likeness (QED) is 0.0654. The van der Waals surface area contributed by atoms with E-state index in [1.165, 1.54) is 34.7 Å². The first-order chi connectivity index (χ1) is 27.6. The molecule has 0 spiro atoms. The lowest BCUT2D eigenvalue weighted by molar-refractivity contribution is -0.125. The highest BCUT2D eigenvalue weighted by Crippen LogP contribution is 2.40. The second-order valence-corrected chi connectivity index (χ2v) is 15.0. The maximum atomic E-state index is 14.1. The Morgan fingerprint density at radius 2 is 1.81 bits per heavy atom. The monoisotopic (exact) mass is 787 g/mol. The van der Waals surface area contributed by atoms with E-state index in [2.05, 4.69) is 27.5 Å². The summed E-state index contributed by atoms with van der Waals surface area (Å²) in [5, 5.41) is 16.7. The van der Waals surface area contributed by atoms with Crippen molar-refractivity contribution in [2.24, 2.45) is 7.05 Å². The number of nitrogens with zero attached hydrogens (tertiary/aromatic N) is 2. The summed E-state index contributed by atoms with van der Waals surface area (Å²) in [5.41, 5.74) is 3.79. The highest BCUT2D eigenvalue weighted by atomic mass is 19.1. The SMILES string of the molecule is CNC(=O)C(CCC=O)N1Cc2c(C#CCCCNC(=O)c3cc4c(=O)n(C)cc(-c5cc(C(C)(C)O)ccc5Oc5c(C)cc(F)cc5C)c4[nH]3)cccc2C1=O. The summed E-state index contributed by atoms with van der Waals surface area (Å²) in [6.45, 7) is 7.32. The van der Waals surface area contributed by atoms with E-state index in [1.807, 2.05) is 6.07 Å². The third kappa shape index (κ3) is 8.43. The number of carbonyl (C=O) groups is 4. The zero-order chi connectivity index (χ0) is 41.9. The Hall–Kier alpha value is -6.52. The number of hydrogen-bond acceptors (Lipinski definition) is 7. The van der Waals surface area contributed by atoms with Gasteiger partial charge in [-0.3, -0.25) is 19.2 Å². The van der Waals surface area contributed by atoms with Gasteiger partial charge in [0.2, 0.25) is 5.91 Å². The summed E-state index contributed by atoms with van der Waals surface area (Å²) >= 11 is 0. The van der Waals surface area contributed by atoms with Gasteiger partial charge in [-0.1, -0.05) is 24.0 Å². The number of unbranched alkanes of at least 4 members (excludes halogenated alkanes) is 1. The van der Waals surface area contributed by atoms with Gasteiger partial charge >= 0.3 is 0 Å². The molecule has 1 unspecified atom stereocenters. The van der Waals surface area contributed by atoms with Crippen molar-refractivity contribution in [2.75, 3.05) is 13.6 Å². The molecule has 1 aliphatic rings. The lowest BCUT2D eigenvalue weighted by Gasteiger charge is -2.25. The van der Waals surface area contributed by atoms with E-state index in [-0.39, 0.29) is 53.7 Å². The molecule has 6 rings (SSSR count). The molecule has 3 amide bonds. The smallest absolute Gasteiger partial charge is 0.267 e. The molecule has 0 aliphatic carbocycles. The summed E-state index contributed by atoms with van der Waals surface area (Å²) in [5.74, 6) is 5.72. The van der Waals surface area contributed by atoms with E-state index in [0.29, 0.717) is 75.3 Å². The van der Waals surface area contributed by atoms with Crippen molar-refractivity contribution in [3.05, 3.63) is 116 Å². The van der Waals surface area contributed by atoms with Gasteiger partial charge in [0.05, 0.1) is 16.5 Å². The Morgan fingerprint density at radius 3 is 2.50 bits per heavy atom. The number of fused-ring (bicyclic) bond motifs is 2. The topological polar surface area (TPSA) is 163 Å². The maximum Gasteiger partial charge on any atom is 0.267 e. The van der Waals surface area contributed by atoms with Crippen LogP contribution >= 0.6 is 0 Å². The van der Waals surface area contributed by atoms with Gasteiger partial charge in [0, 0.05) is 68.5 Å². The lowest BCUT2D eigenvalue weighted by Crippen LogP contribution is -2.46. The Kier molecular flexibility index (Phi) is 12.0. The largest absolute Gasteiger partial charge is 0.456 e. The van der Waals surface area contributed by atoms with Crippen LogP contribution in [-0.2, 0) is 28.8 Å². The molecule has 0 bridgehead atoms. The van der Waals surface area contributed by atoms with Gasteiger partial charge in [-0.15, -0.1) is 0 Å². The van der Waals surface area contributed by atoms with Gasteiger partial charge in [-0.2, -0.15) is 0 Å². The third-order valence-corrected chi connectivity index (χ3v) is 10.3. The number of amides is 3. The average molecular weight is 788 g/mol. The minimum Gasteiger partial charge on any atom is -0.456 e. The van der Waals surface area contributed by atoms with Crippen LogP contribution in [0.4, 0.5) is 4.39 Å². The van der Waals surface area contributed by atoms with Crippen LogP contribution in [0.25, 0.3) is 22.0 Å². The Balaban J connectivity index is 1.19. The molecule has 0 radical (unpaired) electrons. The number of benzene rings is 3. The minimum absolute atomic E-state index is 0.148. The molecule has 0 fully saturated rings. The Morgan fingerprint density at radius 1 is 1.07 bits per heavy atom. The minimum atomic E-state index is -1.21. The summed E-state index contributed by atoms with van der Waals surface area (Å²) in [6, 6.07) is 14.0. The van der Waals surface area contributed by atoms with E-state index in [9.17, 15) is 33.5 Å². The molecule has 300 valence electrons. The van der Waals surface area contributed by atoms with Crippen LogP contribution in [0.3, 0.4) is 0 Å². The molecule has 58 heavy (non-hydrogen) atoms. The van der Waals surface area contributed by atoms with Crippen molar-refractivity contribution in [3.63, 3.8) is 0 Å². The number of carbonyl (C=O) groups excluding carboxylic acids is 4. The molecule has 12 nitrogen and oxygen atoms in total. The molecule has 0 saturated heterocycles. The van der Waals surface area contributed by atoms with Crippen molar-refractivity contribution < 1.29 is 33.4 Å². The standard InChI is InChI=1S/C45H46FN5O7/c1-26-20-30(46)21-27(2)40(26)58-38-17-16-29(45(3,4)57)22-32(38)35-24-50(6)43(55)33-23-36(49-39(33)35)41(53)48-18-9-7-8-12-28-13-10-14-31-34(28)25-51(44(31)56)37(15-11-19-52)42(54)47-5/h10,13-14,16-17,19-24,37,49,57H,7,9,11,15,18,25H2,1-6H3,(H,47,54)(H,48,53). The molecule has 2 aromatic heterocycles. The van der Waals surface area contributed by atoms with Crippen LogP contribution in [0.2, 0.25) is 0 Å². The summed E-state index contributed by atoms with van der Waals surface area (Å²) in [6.07, 6.45) is 3.70. The number of H-pyrrole nitrogens is 1. The van der Waals surface area contributed by atoms with Gasteiger partial charge in [0.15, 0.2) is 0 Å². The van der Waals surface area contributed by atoms with Crippen LogP contribution in [0.5, 0.6) is 11.5 Å². The van der Waals surface area contributed by atoms with Crippen LogP contribution in [0.15, 0.2) is 65.6 Å². The Labute approximate surface area is 335 Å². The fraction of sp³-hybridized carbons (Fsp3) is 0.311. The predicted octanol–water partition coefficient (Wildman–Crippen LogP) is 5.92. The van der Waals surface area contributed by atoms with E-state index < -0.39 is 17.6 Å². The molecule has 3 heterocycles.